The maximum atomic E-state index is 6.68. The molecule has 2 heteroatoms. The Balaban J connectivity index is 1.93. The van der Waals surface area contributed by atoms with Crippen molar-refractivity contribution in [2.75, 3.05) is 0 Å². The molecule has 0 aromatic heterocycles. The van der Waals surface area contributed by atoms with Crippen molar-refractivity contribution in [2.24, 2.45) is 23.3 Å². The average Bonchev–Trinajstić information content (AvgIpc) is 2.49. The first-order valence-electron chi connectivity index (χ1n) is 8.06. The lowest BCUT2D eigenvalue weighted by Gasteiger charge is -2.44. The molecule has 0 fully saturated rings. The summed E-state index contributed by atoms with van der Waals surface area (Å²) in [4.78, 5) is 0. The zero-order chi connectivity index (χ0) is 14.9. The van der Waals surface area contributed by atoms with Crippen LogP contribution < -0.4 is 11.5 Å². The third-order valence-corrected chi connectivity index (χ3v) is 4.92. The Morgan fingerprint density at radius 2 is 1.62 bits per heavy atom. The Bertz CT molecular complexity index is 546. The zero-order valence-corrected chi connectivity index (χ0v) is 12.8. The van der Waals surface area contributed by atoms with Crippen molar-refractivity contribution in [3.8, 4) is 0 Å². The summed E-state index contributed by atoms with van der Waals surface area (Å²) < 4.78 is 0. The van der Waals surface area contributed by atoms with Gasteiger partial charge in [0.2, 0.25) is 0 Å². The molecule has 2 nitrogen and oxygen atoms in total. The topological polar surface area (TPSA) is 52.0 Å². The number of allylic oxidation sites excluding steroid dienone is 6. The van der Waals surface area contributed by atoms with Crippen LogP contribution in [-0.2, 0) is 0 Å². The van der Waals surface area contributed by atoms with Gasteiger partial charge in [0.15, 0.2) is 0 Å². The molecule has 0 heterocycles. The van der Waals surface area contributed by atoms with E-state index in [1.54, 1.807) is 0 Å². The summed E-state index contributed by atoms with van der Waals surface area (Å²) in [5, 5.41) is 0. The van der Waals surface area contributed by atoms with E-state index in [0.717, 1.165) is 25.7 Å². The molecule has 0 bridgehead atoms. The molecule has 21 heavy (non-hydrogen) atoms. The second-order valence-corrected chi connectivity index (χ2v) is 6.67. The standard InChI is InChI=1S/C19H26N2/c1-19(21)13-12-16(14-8-4-2-5-9-14)18(20)17(19)15-10-6-3-7-11-15/h4,6,8-13,16-18H,2-3,5,7,20-21H2,1H3. The first-order valence-corrected chi connectivity index (χ1v) is 8.06. The molecule has 0 saturated carbocycles. The second kappa shape index (κ2) is 5.78. The van der Waals surface area contributed by atoms with Gasteiger partial charge in [0.05, 0.1) is 0 Å². The number of hydrogen-bond donors (Lipinski definition) is 2. The summed E-state index contributed by atoms with van der Waals surface area (Å²) in [6.07, 6.45) is 22.5. The molecule has 3 aliphatic carbocycles. The fourth-order valence-corrected chi connectivity index (χ4v) is 3.82. The molecule has 4 N–H and O–H groups in total. The van der Waals surface area contributed by atoms with Gasteiger partial charge in [-0.2, -0.15) is 0 Å². The summed E-state index contributed by atoms with van der Waals surface area (Å²) in [7, 11) is 0. The summed E-state index contributed by atoms with van der Waals surface area (Å²) in [5.41, 5.74) is 15.5. The van der Waals surface area contributed by atoms with Crippen LogP contribution in [0.2, 0.25) is 0 Å². The Labute approximate surface area is 128 Å². The predicted molar refractivity (Wildman–Crippen MR) is 89.6 cm³/mol. The van der Waals surface area contributed by atoms with Crippen LogP contribution in [0.15, 0.2) is 59.8 Å². The zero-order valence-electron chi connectivity index (χ0n) is 12.8. The molecule has 4 atom stereocenters. The Morgan fingerprint density at radius 3 is 2.19 bits per heavy atom. The molecule has 3 aliphatic rings. The van der Waals surface area contributed by atoms with Crippen molar-refractivity contribution in [1.82, 2.24) is 0 Å². The fraction of sp³-hybridized carbons (Fsp3) is 0.474. The van der Waals surface area contributed by atoms with Crippen molar-refractivity contribution >= 4 is 0 Å². The molecule has 0 aromatic rings. The van der Waals surface area contributed by atoms with E-state index in [-0.39, 0.29) is 23.4 Å². The van der Waals surface area contributed by atoms with Gasteiger partial charge < -0.3 is 11.5 Å². The number of nitrogens with two attached hydrogens (primary N) is 2. The molecule has 0 aliphatic heterocycles. The Morgan fingerprint density at radius 1 is 1.00 bits per heavy atom. The maximum absolute atomic E-state index is 6.68. The van der Waals surface area contributed by atoms with E-state index >= 15 is 0 Å². The van der Waals surface area contributed by atoms with Crippen LogP contribution in [0, 0.1) is 11.8 Å². The molecular formula is C19H26N2. The van der Waals surface area contributed by atoms with Crippen molar-refractivity contribution in [1.29, 1.82) is 0 Å². The van der Waals surface area contributed by atoms with Crippen LogP contribution in [0.1, 0.15) is 32.6 Å². The van der Waals surface area contributed by atoms with E-state index in [2.05, 4.69) is 55.5 Å². The van der Waals surface area contributed by atoms with Crippen molar-refractivity contribution in [3.63, 3.8) is 0 Å². The monoisotopic (exact) mass is 282 g/mol. The molecule has 0 radical (unpaired) electrons. The summed E-state index contributed by atoms with van der Waals surface area (Å²) >= 11 is 0. The van der Waals surface area contributed by atoms with Crippen molar-refractivity contribution in [3.05, 3.63) is 59.8 Å². The van der Waals surface area contributed by atoms with Gasteiger partial charge >= 0.3 is 0 Å². The van der Waals surface area contributed by atoms with Crippen molar-refractivity contribution in [2.45, 2.75) is 44.2 Å². The third-order valence-electron chi connectivity index (χ3n) is 4.92. The van der Waals surface area contributed by atoms with Gasteiger partial charge in [-0.05, 0) is 43.8 Å². The normalized spacial score (nSPS) is 39.1. The highest BCUT2D eigenvalue weighted by Gasteiger charge is 2.41. The molecule has 0 amide bonds. The fourth-order valence-electron chi connectivity index (χ4n) is 3.82. The Hall–Kier alpha value is -1.38. The first kappa shape index (κ1) is 14.6. The van der Waals surface area contributed by atoms with Gasteiger partial charge in [-0.1, -0.05) is 48.6 Å². The van der Waals surface area contributed by atoms with E-state index in [0.29, 0.717) is 0 Å². The highest BCUT2D eigenvalue weighted by molar-refractivity contribution is 5.39. The van der Waals surface area contributed by atoms with Crippen LogP contribution in [0.5, 0.6) is 0 Å². The molecule has 0 saturated heterocycles. The van der Waals surface area contributed by atoms with Gasteiger partial charge in [0, 0.05) is 23.4 Å². The van der Waals surface area contributed by atoms with Crippen LogP contribution in [0.25, 0.3) is 0 Å². The van der Waals surface area contributed by atoms with Gasteiger partial charge in [0.1, 0.15) is 0 Å². The average molecular weight is 282 g/mol. The minimum absolute atomic E-state index is 0.0352. The molecular weight excluding hydrogens is 256 g/mol. The summed E-state index contributed by atoms with van der Waals surface area (Å²) in [6, 6.07) is 0.0352. The summed E-state index contributed by atoms with van der Waals surface area (Å²) in [5.74, 6) is 0.458. The minimum Gasteiger partial charge on any atom is -0.326 e. The van der Waals surface area contributed by atoms with Crippen LogP contribution in [0.3, 0.4) is 0 Å². The van der Waals surface area contributed by atoms with E-state index in [4.69, 9.17) is 11.5 Å². The van der Waals surface area contributed by atoms with E-state index in [1.165, 1.54) is 11.1 Å². The third kappa shape index (κ3) is 2.83. The number of hydrogen-bond acceptors (Lipinski definition) is 2. The van der Waals surface area contributed by atoms with Gasteiger partial charge in [-0.3, -0.25) is 0 Å². The minimum atomic E-state index is -0.373. The van der Waals surface area contributed by atoms with Crippen LogP contribution in [0.4, 0.5) is 0 Å². The van der Waals surface area contributed by atoms with E-state index < -0.39 is 0 Å². The molecule has 0 spiro atoms. The Kier molecular flexibility index (Phi) is 4.01. The number of rotatable bonds is 2. The summed E-state index contributed by atoms with van der Waals surface area (Å²) in [6.45, 7) is 2.10. The smallest absolute Gasteiger partial charge is 0.0395 e. The van der Waals surface area contributed by atoms with Gasteiger partial charge in [-0.25, -0.2) is 0 Å². The maximum Gasteiger partial charge on any atom is 0.0395 e. The van der Waals surface area contributed by atoms with Gasteiger partial charge in [0.25, 0.3) is 0 Å². The van der Waals surface area contributed by atoms with Crippen LogP contribution in [-0.4, -0.2) is 11.6 Å². The highest BCUT2D eigenvalue weighted by atomic mass is 14.8. The van der Waals surface area contributed by atoms with E-state index in [1.807, 2.05) is 0 Å². The largest absolute Gasteiger partial charge is 0.326 e. The quantitative estimate of drug-likeness (QED) is 0.763. The molecule has 3 rings (SSSR count). The molecule has 112 valence electrons. The van der Waals surface area contributed by atoms with E-state index in [9.17, 15) is 0 Å². The van der Waals surface area contributed by atoms with Gasteiger partial charge in [-0.15, -0.1) is 0 Å². The lowest BCUT2D eigenvalue weighted by atomic mass is 9.66. The van der Waals surface area contributed by atoms with Crippen LogP contribution >= 0.6 is 0 Å². The predicted octanol–water partition coefficient (Wildman–Crippen LogP) is 3.39. The SMILES string of the molecule is CC1(N)C=CC(C2=CCCC=C2)C(N)C1C1=CCCC=C1. The highest BCUT2D eigenvalue weighted by Crippen LogP contribution is 2.39. The van der Waals surface area contributed by atoms with Crippen molar-refractivity contribution < 1.29 is 0 Å². The lowest BCUT2D eigenvalue weighted by molar-refractivity contribution is 0.298. The second-order valence-electron chi connectivity index (χ2n) is 6.67. The first-order chi connectivity index (χ1) is 10.1. The molecule has 4 unspecified atom stereocenters. The molecule has 0 aromatic carbocycles. The lowest BCUT2D eigenvalue weighted by Crippen LogP contribution is -2.56.